The molecule has 0 radical (unpaired) electrons. The van der Waals surface area contributed by atoms with Crippen molar-refractivity contribution in [2.24, 2.45) is 5.92 Å². The van der Waals surface area contributed by atoms with Crippen molar-refractivity contribution in [3.63, 3.8) is 0 Å². The fourth-order valence-electron chi connectivity index (χ4n) is 5.44. The highest BCUT2D eigenvalue weighted by atomic mass is 19.4. The molecule has 10 heteroatoms. The zero-order valence-electron chi connectivity index (χ0n) is 19.7. The molecule has 2 heterocycles. The maximum Gasteiger partial charge on any atom is 0.416 e. The molecule has 2 aromatic rings. The molecule has 1 saturated carbocycles. The first-order chi connectivity index (χ1) is 17.2. The van der Waals surface area contributed by atoms with Crippen molar-refractivity contribution in [3.05, 3.63) is 59.4 Å². The SMILES string of the molecule is O=C1NC(N2CCN(C(=O)c3ccc(-c4cccc(C(F)(F)F)c4)c(F)c3)CC2)NC2CCCCC12. The van der Waals surface area contributed by atoms with Crippen LogP contribution in [0.4, 0.5) is 17.6 Å². The molecule has 1 aliphatic carbocycles. The monoisotopic (exact) mass is 504 g/mol. The molecule has 0 spiro atoms. The molecule has 2 aromatic carbocycles. The molecule has 5 rings (SSSR count). The molecule has 2 saturated heterocycles. The number of carbonyl (C=O) groups is 2. The van der Waals surface area contributed by atoms with Crippen LogP contribution >= 0.6 is 0 Å². The van der Waals surface area contributed by atoms with E-state index >= 15 is 0 Å². The third-order valence-electron chi connectivity index (χ3n) is 7.44. The lowest BCUT2D eigenvalue weighted by molar-refractivity contribution is -0.137. The number of nitrogens with zero attached hydrogens (tertiary/aromatic N) is 2. The van der Waals surface area contributed by atoms with Crippen molar-refractivity contribution < 1.29 is 27.2 Å². The van der Waals surface area contributed by atoms with Crippen LogP contribution in [0.5, 0.6) is 0 Å². The van der Waals surface area contributed by atoms with E-state index in [1.807, 2.05) is 0 Å². The third kappa shape index (κ3) is 4.97. The van der Waals surface area contributed by atoms with Gasteiger partial charge >= 0.3 is 6.18 Å². The minimum absolute atomic E-state index is 0.00241. The first-order valence-corrected chi connectivity index (χ1v) is 12.3. The van der Waals surface area contributed by atoms with Gasteiger partial charge in [0.2, 0.25) is 5.91 Å². The molecule has 0 bridgehead atoms. The largest absolute Gasteiger partial charge is 0.416 e. The van der Waals surface area contributed by atoms with Crippen LogP contribution in [0, 0.1) is 11.7 Å². The zero-order chi connectivity index (χ0) is 25.4. The molecular weight excluding hydrogens is 476 g/mol. The van der Waals surface area contributed by atoms with Crippen LogP contribution < -0.4 is 10.6 Å². The van der Waals surface area contributed by atoms with Gasteiger partial charge in [-0.05, 0) is 42.7 Å². The summed E-state index contributed by atoms with van der Waals surface area (Å²) in [6.07, 6.45) is -0.726. The second-order valence-corrected chi connectivity index (χ2v) is 9.68. The minimum Gasteiger partial charge on any atom is -0.336 e. The normalized spacial score (nSPS) is 25.3. The topological polar surface area (TPSA) is 64.7 Å². The number of piperazine rings is 1. The van der Waals surface area contributed by atoms with Gasteiger partial charge < -0.3 is 10.2 Å². The van der Waals surface area contributed by atoms with Crippen LogP contribution in [0.25, 0.3) is 11.1 Å². The number of halogens is 4. The Morgan fingerprint density at radius 1 is 0.972 bits per heavy atom. The number of rotatable bonds is 3. The summed E-state index contributed by atoms with van der Waals surface area (Å²) >= 11 is 0. The van der Waals surface area contributed by atoms with E-state index < -0.39 is 17.6 Å². The minimum atomic E-state index is -4.53. The first kappa shape index (κ1) is 24.7. The molecule has 2 N–H and O–H groups in total. The molecule has 3 aliphatic rings. The van der Waals surface area contributed by atoms with Crippen LogP contribution in [-0.2, 0) is 11.0 Å². The molecule has 192 valence electrons. The number of nitrogens with one attached hydrogen (secondary N) is 2. The van der Waals surface area contributed by atoms with Gasteiger partial charge in [-0.2, -0.15) is 13.2 Å². The van der Waals surface area contributed by atoms with Crippen molar-refractivity contribution in [2.45, 2.75) is 44.2 Å². The standard InChI is InChI=1S/C26H28F4N4O2/c27-21-15-17(8-9-19(21)16-4-3-5-18(14-16)26(28,29)30)24(36)33-10-12-34(13-11-33)25-31-22-7-2-1-6-20(22)23(35)32-25/h3-5,8-9,14-15,20,22,25,31H,1-2,6-7,10-13H2,(H,32,35). The van der Waals surface area contributed by atoms with Gasteiger partial charge in [0.25, 0.3) is 5.91 Å². The van der Waals surface area contributed by atoms with Crippen LogP contribution in [0.2, 0.25) is 0 Å². The van der Waals surface area contributed by atoms with E-state index in [1.54, 1.807) is 4.90 Å². The fraction of sp³-hybridized carbons (Fsp3) is 0.462. The van der Waals surface area contributed by atoms with Crippen molar-refractivity contribution in [3.8, 4) is 11.1 Å². The van der Waals surface area contributed by atoms with E-state index in [4.69, 9.17) is 0 Å². The molecule has 3 fully saturated rings. The second-order valence-electron chi connectivity index (χ2n) is 9.68. The number of amides is 2. The lowest BCUT2D eigenvalue weighted by atomic mass is 9.82. The third-order valence-corrected chi connectivity index (χ3v) is 7.44. The summed E-state index contributed by atoms with van der Waals surface area (Å²) in [5, 5.41) is 6.60. The van der Waals surface area contributed by atoms with Gasteiger partial charge in [-0.1, -0.05) is 31.0 Å². The van der Waals surface area contributed by atoms with Gasteiger partial charge in [-0.15, -0.1) is 0 Å². The van der Waals surface area contributed by atoms with Crippen LogP contribution in [-0.4, -0.2) is 60.1 Å². The molecule has 3 unspecified atom stereocenters. The van der Waals surface area contributed by atoms with Crippen molar-refractivity contribution >= 4 is 11.8 Å². The molecule has 0 aromatic heterocycles. The fourth-order valence-corrected chi connectivity index (χ4v) is 5.44. The highest BCUT2D eigenvalue weighted by molar-refractivity contribution is 5.95. The second kappa shape index (κ2) is 9.82. The summed E-state index contributed by atoms with van der Waals surface area (Å²) in [4.78, 5) is 29.3. The lowest BCUT2D eigenvalue weighted by Gasteiger charge is -2.46. The summed E-state index contributed by atoms with van der Waals surface area (Å²) in [5.74, 6) is -0.989. The Kier molecular flexibility index (Phi) is 6.74. The molecule has 2 aliphatic heterocycles. The van der Waals surface area contributed by atoms with Crippen LogP contribution in [0.15, 0.2) is 42.5 Å². The average Bonchev–Trinajstić information content (AvgIpc) is 2.88. The van der Waals surface area contributed by atoms with Gasteiger partial charge in [0.15, 0.2) is 0 Å². The van der Waals surface area contributed by atoms with E-state index in [0.717, 1.165) is 43.9 Å². The van der Waals surface area contributed by atoms with E-state index in [-0.39, 0.29) is 46.8 Å². The molecule has 6 nitrogen and oxygen atoms in total. The first-order valence-electron chi connectivity index (χ1n) is 12.3. The van der Waals surface area contributed by atoms with Gasteiger partial charge in [0.05, 0.1) is 11.5 Å². The predicted octanol–water partition coefficient (Wildman–Crippen LogP) is 3.83. The Labute approximate surface area is 206 Å². The maximum absolute atomic E-state index is 14.9. The van der Waals surface area contributed by atoms with Crippen molar-refractivity contribution in [1.82, 2.24) is 20.4 Å². The molecule has 2 amide bonds. The Morgan fingerprint density at radius 3 is 2.44 bits per heavy atom. The zero-order valence-corrected chi connectivity index (χ0v) is 19.7. The van der Waals surface area contributed by atoms with E-state index in [0.29, 0.717) is 26.2 Å². The van der Waals surface area contributed by atoms with E-state index in [1.165, 1.54) is 24.3 Å². The van der Waals surface area contributed by atoms with Gasteiger partial charge in [-0.3, -0.25) is 19.8 Å². The lowest BCUT2D eigenvalue weighted by Crippen LogP contribution is -2.69. The number of alkyl halides is 3. The van der Waals surface area contributed by atoms with E-state index in [9.17, 15) is 27.2 Å². The quantitative estimate of drug-likeness (QED) is 0.624. The smallest absolute Gasteiger partial charge is 0.336 e. The number of hydrogen-bond acceptors (Lipinski definition) is 4. The van der Waals surface area contributed by atoms with E-state index in [2.05, 4.69) is 15.5 Å². The van der Waals surface area contributed by atoms with Crippen LogP contribution in [0.3, 0.4) is 0 Å². The van der Waals surface area contributed by atoms with Gasteiger partial charge in [0, 0.05) is 43.3 Å². The average molecular weight is 505 g/mol. The number of fused-ring (bicyclic) bond motifs is 1. The highest BCUT2D eigenvalue weighted by Crippen LogP contribution is 2.33. The summed E-state index contributed by atoms with van der Waals surface area (Å²) in [6.45, 7) is 1.92. The van der Waals surface area contributed by atoms with Crippen molar-refractivity contribution in [2.75, 3.05) is 26.2 Å². The Bertz CT molecular complexity index is 1150. The molecule has 36 heavy (non-hydrogen) atoms. The van der Waals surface area contributed by atoms with Crippen LogP contribution in [0.1, 0.15) is 41.6 Å². The summed E-state index contributed by atoms with van der Waals surface area (Å²) in [6, 6.07) is 8.51. The Balaban J connectivity index is 1.22. The summed E-state index contributed by atoms with van der Waals surface area (Å²) in [7, 11) is 0. The van der Waals surface area contributed by atoms with Crippen molar-refractivity contribution in [1.29, 1.82) is 0 Å². The Hall–Kier alpha value is -2.98. The maximum atomic E-state index is 14.9. The van der Waals surface area contributed by atoms with Gasteiger partial charge in [-0.25, -0.2) is 4.39 Å². The molecular formula is C26H28F4N4O2. The Morgan fingerprint density at radius 2 is 1.72 bits per heavy atom. The highest BCUT2D eigenvalue weighted by Gasteiger charge is 2.40. The number of hydrogen-bond donors (Lipinski definition) is 2. The summed E-state index contributed by atoms with van der Waals surface area (Å²) < 4.78 is 53.9. The van der Waals surface area contributed by atoms with Gasteiger partial charge in [0.1, 0.15) is 12.1 Å². The molecule has 3 atom stereocenters. The predicted molar refractivity (Wildman–Crippen MR) is 125 cm³/mol. The number of carbonyl (C=O) groups excluding carboxylic acids is 2. The number of benzene rings is 2. The summed E-state index contributed by atoms with van der Waals surface area (Å²) in [5.41, 5.74) is -0.620.